The molecule has 17 heavy (non-hydrogen) atoms. The Hall–Kier alpha value is -1.42. The standard InChI is InChI=1S/C13H21N3O/c1-9(2)13(4,8-14)16-12(17)11-7-5-6-10(3)15-11/h5-7,9H,8,14H2,1-4H3,(H,16,17). The van der Waals surface area contributed by atoms with E-state index in [0.717, 1.165) is 5.69 Å². The Balaban J connectivity index is 2.85. The van der Waals surface area contributed by atoms with Crippen molar-refractivity contribution in [2.45, 2.75) is 33.2 Å². The maximum Gasteiger partial charge on any atom is 0.270 e. The number of carbonyl (C=O) groups excluding carboxylic acids is 1. The molecule has 1 heterocycles. The summed E-state index contributed by atoms with van der Waals surface area (Å²) in [4.78, 5) is 16.2. The highest BCUT2D eigenvalue weighted by atomic mass is 16.2. The predicted molar refractivity (Wildman–Crippen MR) is 68.7 cm³/mol. The largest absolute Gasteiger partial charge is 0.344 e. The van der Waals surface area contributed by atoms with Crippen LogP contribution >= 0.6 is 0 Å². The number of hydrogen-bond acceptors (Lipinski definition) is 3. The first-order chi connectivity index (χ1) is 7.89. The van der Waals surface area contributed by atoms with Gasteiger partial charge in [0.1, 0.15) is 5.69 Å². The number of rotatable bonds is 4. The number of nitrogens with one attached hydrogen (secondary N) is 1. The van der Waals surface area contributed by atoms with Gasteiger partial charge in [0.15, 0.2) is 0 Å². The molecule has 0 spiro atoms. The SMILES string of the molecule is Cc1cccc(C(=O)NC(C)(CN)C(C)C)n1. The Labute approximate surface area is 103 Å². The van der Waals surface area contributed by atoms with Crippen LogP contribution in [-0.2, 0) is 0 Å². The van der Waals surface area contributed by atoms with E-state index in [9.17, 15) is 4.79 Å². The van der Waals surface area contributed by atoms with Crippen LogP contribution in [-0.4, -0.2) is 23.0 Å². The fraction of sp³-hybridized carbons (Fsp3) is 0.538. The molecular weight excluding hydrogens is 214 g/mol. The van der Waals surface area contributed by atoms with Gasteiger partial charge < -0.3 is 11.1 Å². The van der Waals surface area contributed by atoms with Crippen molar-refractivity contribution in [1.29, 1.82) is 0 Å². The van der Waals surface area contributed by atoms with Gasteiger partial charge in [0.25, 0.3) is 5.91 Å². The first kappa shape index (κ1) is 13.6. The summed E-state index contributed by atoms with van der Waals surface area (Å²) >= 11 is 0. The third-order valence-electron chi connectivity index (χ3n) is 3.22. The van der Waals surface area contributed by atoms with E-state index in [0.29, 0.717) is 12.2 Å². The van der Waals surface area contributed by atoms with Gasteiger partial charge >= 0.3 is 0 Å². The molecule has 1 rings (SSSR count). The Morgan fingerprint density at radius 3 is 2.65 bits per heavy atom. The van der Waals surface area contributed by atoms with Crippen molar-refractivity contribution in [2.75, 3.05) is 6.54 Å². The minimum atomic E-state index is -0.400. The zero-order valence-electron chi connectivity index (χ0n) is 10.9. The molecule has 0 radical (unpaired) electrons. The van der Waals surface area contributed by atoms with Crippen LogP contribution < -0.4 is 11.1 Å². The predicted octanol–water partition coefficient (Wildman–Crippen LogP) is 1.49. The molecule has 1 aromatic heterocycles. The Bertz CT molecular complexity index is 403. The summed E-state index contributed by atoms with van der Waals surface area (Å²) in [5, 5.41) is 2.96. The molecule has 0 aliphatic rings. The fourth-order valence-corrected chi connectivity index (χ4v) is 1.42. The molecule has 0 bridgehead atoms. The smallest absolute Gasteiger partial charge is 0.270 e. The highest BCUT2D eigenvalue weighted by Crippen LogP contribution is 2.15. The van der Waals surface area contributed by atoms with E-state index in [-0.39, 0.29) is 11.8 Å². The molecule has 0 aliphatic carbocycles. The molecule has 3 N–H and O–H groups in total. The van der Waals surface area contributed by atoms with E-state index < -0.39 is 5.54 Å². The minimum Gasteiger partial charge on any atom is -0.344 e. The van der Waals surface area contributed by atoms with Gasteiger partial charge in [0.2, 0.25) is 0 Å². The summed E-state index contributed by atoms with van der Waals surface area (Å²) in [5.74, 6) is 0.0941. The number of carbonyl (C=O) groups is 1. The van der Waals surface area contributed by atoms with Crippen LogP contribution in [0.3, 0.4) is 0 Å². The van der Waals surface area contributed by atoms with Crippen molar-refractivity contribution < 1.29 is 4.79 Å². The van der Waals surface area contributed by atoms with Gasteiger partial charge in [0.05, 0.1) is 5.54 Å². The van der Waals surface area contributed by atoms with Gasteiger partial charge in [0, 0.05) is 12.2 Å². The highest BCUT2D eigenvalue weighted by molar-refractivity contribution is 5.92. The Kier molecular flexibility index (Phi) is 4.23. The number of amides is 1. The van der Waals surface area contributed by atoms with E-state index in [1.165, 1.54) is 0 Å². The second-order valence-corrected chi connectivity index (χ2v) is 4.89. The van der Waals surface area contributed by atoms with E-state index in [1.807, 2.05) is 39.8 Å². The maximum atomic E-state index is 12.0. The van der Waals surface area contributed by atoms with Gasteiger partial charge in [-0.15, -0.1) is 0 Å². The molecule has 1 aromatic rings. The van der Waals surface area contributed by atoms with Crippen LogP contribution in [0.5, 0.6) is 0 Å². The topological polar surface area (TPSA) is 68.0 Å². The normalized spacial score (nSPS) is 14.5. The van der Waals surface area contributed by atoms with Crippen molar-refractivity contribution in [3.63, 3.8) is 0 Å². The summed E-state index contributed by atoms with van der Waals surface area (Å²) in [7, 11) is 0. The molecule has 0 fully saturated rings. The van der Waals surface area contributed by atoms with Crippen LogP contribution in [0, 0.1) is 12.8 Å². The van der Waals surface area contributed by atoms with E-state index in [2.05, 4.69) is 10.3 Å². The highest BCUT2D eigenvalue weighted by Gasteiger charge is 2.29. The first-order valence-corrected chi connectivity index (χ1v) is 5.85. The lowest BCUT2D eigenvalue weighted by atomic mass is 9.88. The third kappa shape index (κ3) is 3.27. The van der Waals surface area contributed by atoms with E-state index >= 15 is 0 Å². The fourth-order valence-electron chi connectivity index (χ4n) is 1.42. The van der Waals surface area contributed by atoms with Crippen LogP contribution in [0.4, 0.5) is 0 Å². The molecule has 1 unspecified atom stereocenters. The Morgan fingerprint density at radius 1 is 1.53 bits per heavy atom. The molecule has 1 amide bonds. The summed E-state index contributed by atoms with van der Waals surface area (Å²) in [6, 6.07) is 5.40. The third-order valence-corrected chi connectivity index (χ3v) is 3.22. The minimum absolute atomic E-state index is 0.171. The van der Waals surface area contributed by atoms with Gasteiger partial charge in [-0.05, 0) is 31.9 Å². The van der Waals surface area contributed by atoms with E-state index in [1.54, 1.807) is 6.07 Å². The average molecular weight is 235 g/mol. The number of pyridine rings is 1. The van der Waals surface area contributed by atoms with Gasteiger partial charge in [-0.25, -0.2) is 4.98 Å². The number of nitrogens with zero attached hydrogens (tertiary/aromatic N) is 1. The molecule has 0 aromatic carbocycles. The maximum absolute atomic E-state index is 12.0. The lowest BCUT2D eigenvalue weighted by Crippen LogP contribution is -2.55. The van der Waals surface area contributed by atoms with Crippen molar-refractivity contribution >= 4 is 5.91 Å². The van der Waals surface area contributed by atoms with Gasteiger partial charge in [-0.2, -0.15) is 0 Å². The van der Waals surface area contributed by atoms with Gasteiger partial charge in [-0.3, -0.25) is 4.79 Å². The molecule has 0 aliphatic heterocycles. The second kappa shape index (κ2) is 5.27. The molecule has 4 heteroatoms. The van der Waals surface area contributed by atoms with Crippen LogP contribution in [0.15, 0.2) is 18.2 Å². The van der Waals surface area contributed by atoms with Gasteiger partial charge in [-0.1, -0.05) is 19.9 Å². The monoisotopic (exact) mass is 235 g/mol. The lowest BCUT2D eigenvalue weighted by Gasteiger charge is -2.33. The summed E-state index contributed by atoms with van der Waals surface area (Å²) in [6.07, 6.45) is 0. The van der Waals surface area contributed by atoms with Crippen molar-refractivity contribution in [3.8, 4) is 0 Å². The van der Waals surface area contributed by atoms with Crippen LogP contribution in [0.25, 0.3) is 0 Å². The summed E-state index contributed by atoms with van der Waals surface area (Å²) in [5.41, 5.74) is 6.59. The molecule has 1 atom stereocenters. The molecule has 0 saturated carbocycles. The van der Waals surface area contributed by atoms with Crippen molar-refractivity contribution in [1.82, 2.24) is 10.3 Å². The number of hydrogen-bond donors (Lipinski definition) is 2. The lowest BCUT2D eigenvalue weighted by molar-refractivity contribution is 0.0878. The van der Waals surface area contributed by atoms with E-state index in [4.69, 9.17) is 5.73 Å². The van der Waals surface area contributed by atoms with Crippen molar-refractivity contribution in [2.24, 2.45) is 11.7 Å². The molecule has 0 saturated heterocycles. The average Bonchev–Trinajstić information content (AvgIpc) is 2.28. The molecular formula is C13H21N3O. The second-order valence-electron chi connectivity index (χ2n) is 4.89. The van der Waals surface area contributed by atoms with Crippen molar-refractivity contribution in [3.05, 3.63) is 29.6 Å². The summed E-state index contributed by atoms with van der Waals surface area (Å²) in [6.45, 7) is 8.29. The zero-order chi connectivity index (χ0) is 13.1. The number of aromatic nitrogens is 1. The van der Waals surface area contributed by atoms with Crippen LogP contribution in [0.1, 0.15) is 37.0 Å². The summed E-state index contributed by atoms with van der Waals surface area (Å²) < 4.78 is 0. The molecule has 94 valence electrons. The first-order valence-electron chi connectivity index (χ1n) is 5.85. The molecule has 4 nitrogen and oxygen atoms in total. The zero-order valence-corrected chi connectivity index (χ0v) is 10.9. The van der Waals surface area contributed by atoms with Crippen LogP contribution in [0.2, 0.25) is 0 Å². The quantitative estimate of drug-likeness (QED) is 0.831. The Morgan fingerprint density at radius 2 is 2.18 bits per heavy atom. The number of aryl methyl sites for hydroxylation is 1. The number of nitrogens with two attached hydrogens (primary N) is 1.